The maximum absolute atomic E-state index is 9.23. The van der Waals surface area contributed by atoms with Crippen LogP contribution in [-0.4, -0.2) is 22.5 Å². The summed E-state index contributed by atoms with van der Waals surface area (Å²) in [6, 6.07) is 12.1. The van der Waals surface area contributed by atoms with E-state index in [-0.39, 0.29) is 6.10 Å². The molecule has 1 atom stereocenters. The van der Waals surface area contributed by atoms with E-state index in [0.717, 1.165) is 17.7 Å². The highest BCUT2D eigenvalue weighted by molar-refractivity contribution is 5.68. The number of nitrogens with zero attached hydrogens (tertiary/aromatic N) is 3. The van der Waals surface area contributed by atoms with Gasteiger partial charge >= 0.3 is 0 Å². The zero-order valence-electron chi connectivity index (χ0n) is 9.21. The van der Waals surface area contributed by atoms with E-state index in [2.05, 4.69) is 11.2 Å². The second-order valence-electron chi connectivity index (χ2n) is 4.02. The first-order chi connectivity index (χ1) is 8.38. The second kappa shape index (κ2) is 4.04. The average molecular weight is 225 g/mol. The first-order valence-electron chi connectivity index (χ1n) is 5.51. The van der Waals surface area contributed by atoms with Gasteiger partial charge in [0.2, 0.25) is 0 Å². The molecule has 0 N–H and O–H groups in total. The summed E-state index contributed by atoms with van der Waals surface area (Å²) in [6.45, 7) is 1.43. The number of aromatic nitrogens is 2. The van der Waals surface area contributed by atoms with E-state index in [9.17, 15) is 5.26 Å². The van der Waals surface area contributed by atoms with Crippen LogP contribution in [0.3, 0.4) is 0 Å². The zero-order chi connectivity index (χ0) is 11.7. The highest BCUT2D eigenvalue weighted by atomic mass is 16.6. The fraction of sp³-hybridized carbons (Fsp3) is 0.231. The Morgan fingerprint density at radius 3 is 2.82 bits per heavy atom. The molecule has 0 bridgehead atoms. The van der Waals surface area contributed by atoms with Crippen LogP contribution in [0.1, 0.15) is 5.69 Å². The topological polar surface area (TPSA) is 54.1 Å². The summed E-state index contributed by atoms with van der Waals surface area (Å²) in [5, 5.41) is 13.5. The lowest BCUT2D eigenvalue weighted by Crippen LogP contribution is -2.07. The molecule has 0 saturated carbocycles. The number of hydrogen-bond acceptors (Lipinski definition) is 3. The number of ether oxygens (including phenoxy) is 1. The van der Waals surface area contributed by atoms with Gasteiger partial charge in [-0.2, -0.15) is 10.4 Å². The van der Waals surface area contributed by atoms with Crippen molar-refractivity contribution in [2.75, 3.05) is 6.61 Å². The summed E-state index contributed by atoms with van der Waals surface area (Å²) in [4.78, 5) is 0. The second-order valence-corrected chi connectivity index (χ2v) is 4.02. The summed E-state index contributed by atoms with van der Waals surface area (Å²) >= 11 is 0. The SMILES string of the molecule is N#Cc1c(-c2ccccc2)cnn1CC1CO1. The molecule has 1 aromatic carbocycles. The molecule has 1 aliphatic heterocycles. The lowest BCUT2D eigenvalue weighted by molar-refractivity contribution is 0.372. The molecule has 4 heteroatoms. The molecule has 1 unspecified atom stereocenters. The van der Waals surface area contributed by atoms with E-state index >= 15 is 0 Å². The molecule has 1 fully saturated rings. The molecule has 0 spiro atoms. The summed E-state index contributed by atoms with van der Waals surface area (Å²) in [5.41, 5.74) is 2.51. The van der Waals surface area contributed by atoms with E-state index in [0.29, 0.717) is 12.2 Å². The Morgan fingerprint density at radius 2 is 2.18 bits per heavy atom. The molecule has 0 amide bonds. The monoisotopic (exact) mass is 225 g/mol. The first kappa shape index (κ1) is 10.1. The van der Waals surface area contributed by atoms with Crippen LogP contribution in [-0.2, 0) is 11.3 Å². The average Bonchev–Trinajstić information content (AvgIpc) is 3.09. The minimum atomic E-state index is 0.227. The van der Waals surface area contributed by atoms with E-state index in [1.807, 2.05) is 30.3 Å². The smallest absolute Gasteiger partial charge is 0.146 e. The van der Waals surface area contributed by atoms with Crippen LogP contribution in [0.4, 0.5) is 0 Å². The Kier molecular flexibility index (Phi) is 2.39. The third kappa shape index (κ3) is 1.93. The van der Waals surface area contributed by atoms with Crippen molar-refractivity contribution in [3.63, 3.8) is 0 Å². The molecule has 0 aliphatic carbocycles. The highest BCUT2D eigenvalue weighted by Crippen LogP contribution is 2.24. The zero-order valence-corrected chi connectivity index (χ0v) is 9.21. The molecule has 0 radical (unpaired) electrons. The number of rotatable bonds is 3. The fourth-order valence-corrected chi connectivity index (χ4v) is 1.84. The van der Waals surface area contributed by atoms with Gasteiger partial charge in [0.1, 0.15) is 17.9 Å². The van der Waals surface area contributed by atoms with Crippen molar-refractivity contribution in [3.05, 3.63) is 42.2 Å². The van der Waals surface area contributed by atoms with Crippen LogP contribution in [0.5, 0.6) is 0 Å². The lowest BCUT2D eigenvalue weighted by atomic mass is 10.1. The van der Waals surface area contributed by atoms with Gasteiger partial charge in [-0.15, -0.1) is 0 Å². The molecule has 1 aromatic heterocycles. The van der Waals surface area contributed by atoms with Crippen molar-refractivity contribution in [1.29, 1.82) is 5.26 Å². The van der Waals surface area contributed by atoms with Gasteiger partial charge in [0.25, 0.3) is 0 Å². The maximum Gasteiger partial charge on any atom is 0.146 e. The molecule has 17 heavy (non-hydrogen) atoms. The minimum absolute atomic E-state index is 0.227. The van der Waals surface area contributed by atoms with Crippen LogP contribution in [0.25, 0.3) is 11.1 Å². The van der Waals surface area contributed by atoms with Crippen molar-refractivity contribution >= 4 is 0 Å². The number of epoxide rings is 1. The molecule has 4 nitrogen and oxygen atoms in total. The van der Waals surface area contributed by atoms with Gasteiger partial charge in [-0.1, -0.05) is 30.3 Å². The van der Waals surface area contributed by atoms with E-state index in [1.54, 1.807) is 10.9 Å². The van der Waals surface area contributed by atoms with Gasteiger partial charge in [-0.3, -0.25) is 4.68 Å². The van der Waals surface area contributed by atoms with Gasteiger partial charge in [-0.25, -0.2) is 0 Å². The first-order valence-corrected chi connectivity index (χ1v) is 5.51. The predicted molar refractivity (Wildman–Crippen MR) is 62.1 cm³/mol. The molecule has 2 aromatic rings. The van der Waals surface area contributed by atoms with E-state index in [4.69, 9.17) is 4.74 Å². The van der Waals surface area contributed by atoms with Crippen LogP contribution >= 0.6 is 0 Å². The Bertz CT molecular complexity index is 564. The Hall–Kier alpha value is -2.12. The Labute approximate surface area is 99.1 Å². The molecule has 84 valence electrons. The van der Waals surface area contributed by atoms with Crippen LogP contribution in [0, 0.1) is 11.3 Å². The van der Waals surface area contributed by atoms with E-state index in [1.165, 1.54) is 0 Å². The van der Waals surface area contributed by atoms with E-state index < -0.39 is 0 Å². The fourth-order valence-electron chi connectivity index (χ4n) is 1.84. The van der Waals surface area contributed by atoms with Crippen molar-refractivity contribution in [3.8, 4) is 17.2 Å². The molecular formula is C13H11N3O. The molecule has 1 aliphatic rings. The summed E-state index contributed by atoms with van der Waals surface area (Å²) < 4.78 is 6.88. The Morgan fingerprint density at radius 1 is 1.41 bits per heavy atom. The van der Waals surface area contributed by atoms with Gasteiger partial charge < -0.3 is 4.74 Å². The Balaban J connectivity index is 2.00. The van der Waals surface area contributed by atoms with Crippen molar-refractivity contribution in [2.45, 2.75) is 12.6 Å². The van der Waals surface area contributed by atoms with Crippen molar-refractivity contribution < 1.29 is 4.74 Å². The van der Waals surface area contributed by atoms with Crippen molar-refractivity contribution in [1.82, 2.24) is 9.78 Å². The highest BCUT2D eigenvalue weighted by Gasteiger charge is 2.25. The maximum atomic E-state index is 9.23. The predicted octanol–water partition coefficient (Wildman–Crippen LogP) is 1.82. The number of benzene rings is 1. The largest absolute Gasteiger partial charge is 0.371 e. The normalized spacial score (nSPS) is 17.7. The molecular weight excluding hydrogens is 214 g/mol. The lowest BCUT2D eigenvalue weighted by Gasteiger charge is -2.01. The molecule has 3 rings (SSSR count). The third-order valence-corrected chi connectivity index (χ3v) is 2.81. The van der Waals surface area contributed by atoms with Crippen LogP contribution < -0.4 is 0 Å². The van der Waals surface area contributed by atoms with Crippen LogP contribution in [0.2, 0.25) is 0 Å². The molecule has 2 heterocycles. The number of hydrogen-bond donors (Lipinski definition) is 0. The molecule has 1 saturated heterocycles. The number of nitriles is 1. The van der Waals surface area contributed by atoms with Crippen molar-refractivity contribution in [2.24, 2.45) is 0 Å². The summed E-state index contributed by atoms with van der Waals surface area (Å²) in [7, 11) is 0. The minimum Gasteiger partial charge on any atom is -0.371 e. The van der Waals surface area contributed by atoms with Crippen LogP contribution in [0.15, 0.2) is 36.5 Å². The van der Waals surface area contributed by atoms with Gasteiger partial charge in [-0.05, 0) is 5.56 Å². The van der Waals surface area contributed by atoms with Gasteiger partial charge in [0.05, 0.1) is 19.3 Å². The summed E-state index contributed by atoms with van der Waals surface area (Å²) in [5.74, 6) is 0. The quantitative estimate of drug-likeness (QED) is 0.749. The van der Waals surface area contributed by atoms with Gasteiger partial charge in [0, 0.05) is 5.56 Å². The third-order valence-electron chi connectivity index (χ3n) is 2.81. The summed E-state index contributed by atoms with van der Waals surface area (Å²) in [6.07, 6.45) is 1.97. The standard InChI is InChI=1S/C13H11N3O/c14-6-13-12(10-4-2-1-3-5-10)7-15-16(13)8-11-9-17-11/h1-5,7,11H,8-9H2. The van der Waals surface area contributed by atoms with Gasteiger partial charge in [0.15, 0.2) is 0 Å².